The quantitative estimate of drug-likeness (QED) is 0.568. The maximum Gasteiger partial charge on any atom is 0.228 e. The zero-order valence-electron chi connectivity index (χ0n) is 10.9. The molecule has 1 rings (SSSR count). The Morgan fingerprint density at radius 2 is 1.75 bits per heavy atom. The molecule has 88 valence electrons. The van der Waals surface area contributed by atoms with Crippen molar-refractivity contribution in [2.45, 2.75) is 39.3 Å². The van der Waals surface area contributed by atoms with Crippen LogP contribution in [0.1, 0.15) is 31.9 Å². The fourth-order valence-corrected chi connectivity index (χ4v) is 1.99. The van der Waals surface area contributed by atoms with Gasteiger partial charge in [-0.3, -0.25) is 0 Å². The maximum absolute atomic E-state index is 5.57. The van der Waals surface area contributed by atoms with Gasteiger partial charge >= 0.3 is 0 Å². The van der Waals surface area contributed by atoms with Gasteiger partial charge in [0.2, 0.25) is 9.04 Å². The Labute approximate surface area is 101 Å². The van der Waals surface area contributed by atoms with E-state index in [-0.39, 0.29) is 5.41 Å². The van der Waals surface area contributed by atoms with Crippen LogP contribution in [0.2, 0.25) is 13.1 Å². The van der Waals surface area contributed by atoms with Crippen LogP contribution in [0.5, 0.6) is 0 Å². The van der Waals surface area contributed by atoms with Gasteiger partial charge in [-0.05, 0) is 35.7 Å². The molecular formula is C14H22OSi. The summed E-state index contributed by atoms with van der Waals surface area (Å²) in [6.07, 6.45) is 3.93. The van der Waals surface area contributed by atoms with Gasteiger partial charge in [0.05, 0.1) is 6.26 Å². The molecule has 0 aliphatic heterocycles. The highest BCUT2D eigenvalue weighted by Gasteiger charge is 2.15. The summed E-state index contributed by atoms with van der Waals surface area (Å²) < 4.78 is 5.57. The average molecular weight is 234 g/mol. The lowest BCUT2D eigenvalue weighted by Crippen LogP contribution is -2.12. The van der Waals surface area contributed by atoms with Crippen molar-refractivity contribution in [1.82, 2.24) is 0 Å². The van der Waals surface area contributed by atoms with Gasteiger partial charge in [-0.1, -0.05) is 45.0 Å². The molecule has 0 saturated heterocycles. The Hall–Kier alpha value is -1.02. The molecule has 1 nitrogen and oxygen atoms in total. The first-order chi connectivity index (χ1) is 7.41. The summed E-state index contributed by atoms with van der Waals surface area (Å²) in [5, 5.41) is 0. The van der Waals surface area contributed by atoms with E-state index in [1.807, 2.05) is 6.26 Å². The molecule has 0 amide bonds. The Balaban J connectivity index is 2.92. The lowest BCUT2D eigenvalue weighted by atomic mass is 9.84. The minimum Gasteiger partial charge on any atom is -0.552 e. The lowest BCUT2D eigenvalue weighted by molar-refractivity contribution is 0.505. The molecule has 0 saturated carbocycles. The highest BCUT2D eigenvalue weighted by atomic mass is 28.3. The van der Waals surface area contributed by atoms with Crippen molar-refractivity contribution in [2.24, 2.45) is 0 Å². The third-order valence-corrected chi connectivity index (χ3v) is 3.07. The second-order valence-electron chi connectivity index (χ2n) is 5.32. The zero-order valence-corrected chi connectivity index (χ0v) is 12.1. The summed E-state index contributed by atoms with van der Waals surface area (Å²) in [6.45, 7) is 11.0. The van der Waals surface area contributed by atoms with Gasteiger partial charge in [-0.2, -0.15) is 0 Å². The van der Waals surface area contributed by atoms with Crippen molar-refractivity contribution in [1.29, 1.82) is 0 Å². The third-order valence-electron chi connectivity index (χ3n) is 2.37. The normalized spacial score (nSPS) is 12.4. The first kappa shape index (κ1) is 13.0. The van der Waals surface area contributed by atoms with Crippen molar-refractivity contribution >= 4 is 15.1 Å². The Bertz CT molecular complexity index is 361. The van der Waals surface area contributed by atoms with Crippen molar-refractivity contribution in [3.8, 4) is 0 Å². The molecular weight excluding hydrogens is 212 g/mol. The Morgan fingerprint density at radius 3 is 2.31 bits per heavy atom. The molecule has 0 aliphatic carbocycles. The van der Waals surface area contributed by atoms with E-state index in [9.17, 15) is 0 Å². The molecule has 1 aromatic rings. The fourth-order valence-electron chi connectivity index (χ4n) is 1.60. The topological polar surface area (TPSA) is 9.23 Å². The van der Waals surface area contributed by atoms with Crippen molar-refractivity contribution < 1.29 is 4.43 Å². The van der Waals surface area contributed by atoms with Crippen molar-refractivity contribution in [3.05, 3.63) is 41.7 Å². The van der Waals surface area contributed by atoms with Gasteiger partial charge in [0.15, 0.2) is 0 Å². The van der Waals surface area contributed by atoms with Crippen LogP contribution >= 0.6 is 0 Å². The van der Waals surface area contributed by atoms with Gasteiger partial charge in [-0.15, -0.1) is 0 Å². The first-order valence-corrected chi connectivity index (χ1v) is 8.61. The third kappa shape index (κ3) is 3.85. The monoisotopic (exact) mass is 234 g/mol. The van der Waals surface area contributed by atoms with E-state index in [1.54, 1.807) is 0 Å². The highest BCUT2D eigenvalue weighted by molar-refractivity contribution is 6.48. The largest absolute Gasteiger partial charge is 0.552 e. The smallest absolute Gasteiger partial charge is 0.228 e. The zero-order chi connectivity index (χ0) is 12.2. The summed E-state index contributed by atoms with van der Waals surface area (Å²) in [6, 6.07) is 8.49. The minimum absolute atomic E-state index is 0.177. The molecule has 0 atom stereocenters. The molecule has 0 N–H and O–H groups in total. The molecule has 0 fully saturated rings. The Morgan fingerprint density at radius 1 is 1.12 bits per heavy atom. The number of hydrogen-bond acceptors (Lipinski definition) is 1. The molecule has 0 unspecified atom stereocenters. The van der Waals surface area contributed by atoms with Crippen LogP contribution in [0.25, 0.3) is 6.08 Å². The van der Waals surface area contributed by atoms with E-state index < -0.39 is 9.04 Å². The minimum atomic E-state index is -0.956. The average Bonchev–Trinajstić information content (AvgIpc) is 2.16. The SMILES string of the molecule is C[SiH](C)OC=Cc1ccccc1C(C)(C)C. The van der Waals surface area contributed by atoms with Crippen LogP contribution in [-0.4, -0.2) is 9.04 Å². The van der Waals surface area contributed by atoms with E-state index in [4.69, 9.17) is 4.43 Å². The van der Waals surface area contributed by atoms with Crippen LogP contribution in [0, 0.1) is 0 Å². The number of hydrogen-bond donors (Lipinski definition) is 0. The van der Waals surface area contributed by atoms with Crippen LogP contribution in [0.15, 0.2) is 30.5 Å². The second kappa shape index (κ2) is 5.35. The van der Waals surface area contributed by atoms with Crippen LogP contribution in [0.3, 0.4) is 0 Å². The van der Waals surface area contributed by atoms with Crippen molar-refractivity contribution in [2.75, 3.05) is 0 Å². The second-order valence-corrected chi connectivity index (χ2v) is 7.69. The number of benzene rings is 1. The molecule has 0 radical (unpaired) electrons. The Kier molecular flexibility index (Phi) is 4.36. The highest BCUT2D eigenvalue weighted by Crippen LogP contribution is 2.26. The maximum atomic E-state index is 5.57. The molecule has 16 heavy (non-hydrogen) atoms. The van der Waals surface area contributed by atoms with Gasteiger partial charge in [0.25, 0.3) is 0 Å². The predicted molar refractivity (Wildman–Crippen MR) is 74.1 cm³/mol. The summed E-state index contributed by atoms with van der Waals surface area (Å²) in [5.41, 5.74) is 2.79. The molecule has 2 heteroatoms. The van der Waals surface area contributed by atoms with Gasteiger partial charge in [0, 0.05) is 0 Å². The van der Waals surface area contributed by atoms with Crippen LogP contribution in [0.4, 0.5) is 0 Å². The van der Waals surface area contributed by atoms with Crippen LogP contribution in [-0.2, 0) is 9.84 Å². The molecule has 0 bridgehead atoms. The summed E-state index contributed by atoms with van der Waals surface area (Å²) in [7, 11) is -0.956. The summed E-state index contributed by atoms with van der Waals surface area (Å²) >= 11 is 0. The van der Waals surface area contributed by atoms with E-state index >= 15 is 0 Å². The predicted octanol–water partition coefficient (Wildman–Crippen LogP) is 3.95. The van der Waals surface area contributed by atoms with Gasteiger partial charge in [-0.25, -0.2) is 0 Å². The summed E-state index contributed by atoms with van der Waals surface area (Å²) in [5.74, 6) is 0. The van der Waals surface area contributed by atoms with E-state index in [0.717, 1.165) is 0 Å². The van der Waals surface area contributed by atoms with Crippen LogP contribution < -0.4 is 0 Å². The lowest BCUT2D eigenvalue weighted by Gasteiger charge is -2.21. The summed E-state index contributed by atoms with van der Waals surface area (Å²) in [4.78, 5) is 0. The van der Waals surface area contributed by atoms with E-state index in [2.05, 4.69) is 64.2 Å². The van der Waals surface area contributed by atoms with Crippen molar-refractivity contribution in [3.63, 3.8) is 0 Å². The van der Waals surface area contributed by atoms with E-state index in [1.165, 1.54) is 11.1 Å². The first-order valence-electron chi connectivity index (χ1n) is 5.83. The molecule has 0 aliphatic rings. The molecule has 0 heterocycles. The molecule has 1 aromatic carbocycles. The van der Waals surface area contributed by atoms with E-state index in [0.29, 0.717) is 0 Å². The fraction of sp³-hybridized carbons (Fsp3) is 0.429. The molecule has 0 spiro atoms. The standard InChI is InChI=1S/C14H22OSi/c1-14(2,3)13-9-7-6-8-12(13)10-11-15-16(4)5/h6-11,16H,1-5H3. The van der Waals surface area contributed by atoms with Gasteiger partial charge < -0.3 is 4.43 Å². The van der Waals surface area contributed by atoms with Gasteiger partial charge in [0.1, 0.15) is 0 Å². The number of rotatable bonds is 3. The molecule has 0 aromatic heterocycles.